The molecule has 1 aliphatic heterocycles. The Kier molecular flexibility index (Phi) is 5.33. The monoisotopic (exact) mass is 382 g/mol. The van der Waals surface area contributed by atoms with E-state index in [2.05, 4.69) is 10.2 Å². The van der Waals surface area contributed by atoms with E-state index >= 15 is 0 Å². The third-order valence-corrected chi connectivity index (χ3v) is 5.64. The summed E-state index contributed by atoms with van der Waals surface area (Å²) in [6.45, 7) is 3.18. The molecule has 1 aromatic heterocycles. The largest absolute Gasteiger partial charge is 0.378 e. The molecule has 27 heavy (non-hydrogen) atoms. The van der Waals surface area contributed by atoms with Crippen molar-refractivity contribution < 1.29 is 9.53 Å². The van der Waals surface area contributed by atoms with Crippen LogP contribution in [0.4, 0.5) is 10.8 Å². The SMILES string of the molecule is NC(Cc1ccccc1)C(=O)Nc1ccc2nc(N3CCOCC3)sc2c1. The van der Waals surface area contributed by atoms with Crippen molar-refractivity contribution in [3.63, 3.8) is 0 Å². The van der Waals surface area contributed by atoms with Crippen LogP contribution in [0.5, 0.6) is 0 Å². The number of carbonyl (C=O) groups is 1. The van der Waals surface area contributed by atoms with Crippen LogP contribution in [0.2, 0.25) is 0 Å². The molecule has 3 N–H and O–H groups in total. The van der Waals surface area contributed by atoms with Gasteiger partial charge in [0.2, 0.25) is 5.91 Å². The van der Waals surface area contributed by atoms with Crippen LogP contribution >= 0.6 is 11.3 Å². The molecule has 0 spiro atoms. The van der Waals surface area contributed by atoms with Gasteiger partial charge in [-0.15, -0.1) is 0 Å². The number of ether oxygens (including phenoxy) is 1. The van der Waals surface area contributed by atoms with E-state index in [0.29, 0.717) is 6.42 Å². The molecule has 0 bridgehead atoms. The number of aromatic nitrogens is 1. The van der Waals surface area contributed by atoms with Crippen molar-refractivity contribution in [1.82, 2.24) is 4.98 Å². The van der Waals surface area contributed by atoms with Gasteiger partial charge in [0.1, 0.15) is 0 Å². The second-order valence-corrected chi connectivity index (χ2v) is 7.57. The summed E-state index contributed by atoms with van der Waals surface area (Å²) in [5.74, 6) is -0.184. The zero-order chi connectivity index (χ0) is 18.6. The lowest BCUT2D eigenvalue weighted by atomic mass is 10.1. The maximum Gasteiger partial charge on any atom is 0.241 e. The fourth-order valence-electron chi connectivity index (χ4n) is 3.08. The number of nitrogens with two attached hydrogens (primary N) is 1. The second kappa shape index (κ2) is 8.04. The van der Waals surface area contributed by atoms with E-state index in [1.165, 1.54) is 0 Å². The second-order valence-electron chi connectivity index (χ2n) is 6.56. The Morgan fingerprint density at radius 3 is 2.78 bits per heavy atom. The minimum absolute atomic E-state index is 0.184. The van der Waals surface area contributed by atoms with Crippen molar-refractivity contribution in [2.75, 3.05) is 36.5 Å². The molecule has 0 radical (unpaired) electrons. The van der Waals surface area contributed by atoms with E-state index in [1.54, 1.807) is 11.3 Å². The van der Waals surface area contributed by atoms with Crippen LogP contribution < -0.4 is 16.0 Å². The van der Waals surface area contributed by atoms with Gasteiger partial charge >= 0.3 is 0 Å². The summed E-state index contributed by atoms with van der Waals surface area (Å²) in [6.07, 6.45) is 0.511. The molecule has 1 amide bonds. The number of hydrogen-bond acceptors (Lipinski definition) is 6. The van der Waals surface area contributed by atoms with Crippen LogP contribution in [0.3, 0.4) is 0 Å². The van der Waals surface area contributed by atoms with Gasteiger partial charge in [0.25, 0.3) is 0 Å². The average Bonchev–Trinajstić information content (AvgIpc) is 3.13. The summed E-state index contributed by atoms with van der Waals surface area (Å²) in [5, 5.41) is 3.92. The summed E-state index contributed by atoms with van der Waals surface area (Å²) < 4.78 is 6.45. The fourth-order valence-corrected chi connectivity index (χ4v) is 4.13. The minimum Gasteiger partial charge on any atom is -0.378 e. The Morgan fingerprint density at radius 2 is 2.00 bits per heavy atom. The smallest absolute Gasteiger partial charge is 0.241 e. The standard InChI is InChI=1S/C20H22N4O2S/c21-16(12-14-4-2-1-3-5-14)19(25)22-15-6-7-17-18(13-15)27-20(23-17)24-8-10-26-11-9-24/h1-7,13,16H,8-12,21H2,(H,22,25). The van der Waals surface area contributed by atoms with E-state index < -0.39 is 6.04 Å². The number of amides is 1. The first-order chi connectivity index (χ1) is 13.2. The molecule has 1 atom stereocenters. The maximum atomic E-state index is 12.4. The summed E-state index contributed by atoms with van der Waals surface area (Å²) in [4.78, 5) is 19.4. The molecule has 6 nitrogen and oxygen atoms in total. The third kappa shape index (κ3) is 4.27. The highest BCUT2D eigenvalue weighted by molar-refractivity contribution is 7.22. The molecule has 7 heteroatoms. The van der Waals surface area contributed by atoms with E-state index in [4.69, 9.17) is 15.5 Å². The number of nitrogens with zero attached hydrogens (tertiary/aromatic N) is 2. The highest BCUT2D eigenvalue weighted by Crippen LogP contribution is 2.31. The lowest BCUT2D eigenvalue weighted by Crippen LogP contribution is -2.37. The predicted octanol–water partition coefficient (Wildman–Crippen LogP) is 2.64. The van der Waals surface area contributed by atoms with Gasteiger partial charge in [0.15, 0.2) is 5.13 Å². The molecular formula is C20H22N4O2S. The Bertz CT molecular complexity index is 922. The molecule has 2 aromatic carbocycles. The van der Waals surface area contributed by atoms with Crippen LogP contribution in [0.25, 0.3) is 10.2 Å². The van der Waals surface area contributed by atoms with Gasteiger partial charge in [-0.1, -0.05) is 41.7 Å². The molecule has 1 fully saturated rings. The number of anilines is 2. The first kappa shape index (κ1) is 17.9. The number of benzene rings is 2. The minimum atomic E-state index is -0.589. The summed E-state index contributed by atoms with van der Waals surface area (Å²) in [7, 11) is 0. The number of morpholine rings is 1. The molecular weight excluding hydrogens is 360 g/mol. The number of hydrogen-bond donors (Lipinski definition) is 2. The number of thiazole rings is 1. The number of fused-ring (bicyclic) bond motifs is 1. The van der Waals surface area contributed by atoms with E-state index in [1.807, 2.05) is 48.5 Å². The molecule has 140 valence electrons. The lowest BCUT2D eigenvalue weighted by molar-refractivity contribution is -0.117. The van der Waals surface area contributed by atoms with Crippen LogP contribution in [0.1, 0.15) is 5.56 Å². The van der Waals surface area contributed by atoms with Gasteiger partial charge in [-0.2, -0.15) is 0 Å². The zero-order valence-corrected chi connectivity index (χ0v) is 15.7. The molecule has 0 saturated carbocycles. The predicted molar refractivity (Wildman–Crippen MR) is 109 cm³/mol. The molecule has 1 saturated heterocycles. The Balaban J connectivity index is 1.44. The van der Waals surface area contributed by atoms with Crippen molar-refractivity contribution in [3.05, 3.63) is 54.1 Å². The lowest BCUT2D eigenvalue weighted by Gasteiger charge is -2.25. The van der Waals surface area contributed by atoms with Gasteiger partial charge < -0.3 is 20.7 Å². The first-order valence-electron chi connectivity index (χ1n) is 9.03. The van der Waals surface area contributed by atoms with Gasteiger partial charge in [-0.05, 0) is 30.2 Å². The highest BCUT2D eigenvalue weighted by atomic mass is 32.1. The Hall–Kier alpha value is -2.48. The Labute approximate surface area is 162 Å². The third-order valence-electron chi connectivity index (χ3n) is 4.56. The van der Waals surface area contributed by atoms with Crippen LogP contribution in [0, 0.1) is 0 Å². The summed E-state index contributed by atoms with van der Waals surface area (Å²) in [5.41, 5.74) is 8.80. The maximum absolute atomic E-state index is 12.4. The van der Waals surface area contributed by atoms with E-state index in [0.717, 1.165) is 52.9 Å². The molecule has 1 aliphatic rings. The van der Waals surface area contributed by atoms with Crippen molar-refractivity contribution >= 4 is 38.3 Å². The van der Waals surface area contributed by atoms with Gasteiger partial charge in [-0.3, -0.25) is 4.79 Å². The first-order valence-corrected chi connectivity index (χ1v) is 9.84. The highest BCUT2D eigenvalue weighted by Gasteiger charge is 2.17. The van der Waals surface area contributed by atoms with E-state index in [-0.39, 0.29) is 5.91 Å². The zero-order valence-electron chi connectivity index (χ0n) is 14.9. The number of carbonyl (C=O) groups excluding carboxylic acids is 1. The van der Waals surface area contributed by atoms with Crippen LogP contribution in [-0.4, -0.2) is 43.2 Å². The van der Waals surface area contributed by atoms with Crippen molar-refractivity contribution in [1.29, 1.82) is 0 Å². The molecule has 4 rings (SSSR count). The van der Waals surface area contributed by atoms with Crippen molar-refractivity contribution in [3.8, 4) is 0 Å². The molecule has 2 heterocycles. The topological polar surface area (TPSA) is 80.5 Å². The summed E-state index contributed by atoms with van der Waals surface area (Å²) in [6, 6.07) is 15.0. The van der Waals surface area contributed by atoms with Crippen molar-refractivity contribution in [2.24, 2.45) is 5.73 Å². The summed E-state index contributed by atoms with van der Waals surface area (Å²) >= 11 is 1.63. The average molecular weight is 382 g/mol. The normalized spacial score (nSPS) is 15.7. The van der Waals surface area contributed by atoms with Gasteiger partial charge in [-0.25, -0.2) is 4.98 Å². The molecule has 1 unspecified atom stereocenters. The van der Waals surface area contributed by atoms with E-state index in [9.17, 15) is 4.79 Å². The Morgan fingerprint density at radius 1 is 1.22 bits per heavy atom. The van der Waals surface area contributed by atoms with Gasteiger partial charge in [0, 0.05) is 18.8 Å². The number of nitrogens with one attached hydrogen (secondary N) is 1. The van der Waals surface area contributed by atoms with Crippen molar-refractivity contribution in [2.45, 2.75) is 12.5 Å². The number of rotatable bonds is 5. The molecule has 0 aliphatic carbocycles. The van der Waals surface area contributed by atoms with Crippen LogP contribution in [-0.2, 0) is 16.0 Å². The molecule has 3 aromatic rings. The quantitative estimate of drug-likeness (QED) is 0.709. The fraction of sp³-hybridized carbons (Fsp3) is 0.300. The van der Waals surface area contributed by atoms with Crippen LogP contribution in [0.15, 0.2) is 48.5 Å². The van der Waals surface area contributed by atoms with Gasteiger partial charge in [0.05, 0.1) is 29.5 Å².